The number of primary amides is 1. The number of nitrogens with one attached hydrogen (secondary N) is 1. The maximum Gasteiger partial charge on any atom is 0.234 e. The highest BCUT2D eigenvalue weighted by Crippen LogP contribution is 2.10. The van der Waals surface area contributed by atoms with Crippen molar-refractivity contribution >= 4 is 5.91 Å². The topological polar surface area (TPSA) is 55.1 Å². The zero-order valence-corrected chi connectivity index (χ0v) is 8.48. The van der Waals surface area contributed by atoms with Crippen LogP contribution < -0.4 is 11.1 Å². The third-order valence-corrected chi connectivity index (χ3v) is 1.63. The second-order valence-electron chi connectivity index (χ2n) is 4.30. The van der Waals surface area contributed by atoms with Crippen LogP contribution in [0.15, 0.2) is 0 Å². The molecule has 0 heterocycles. The van der Waals surface area contributed by atoms with Crippen LogP contribution >= 0.6 is 0 Å². The molecule has 0 aliphatic rings. The molecule has 0 aromatic rings. The number of amides is 1. The summed E-state index contributed by atoms with van der Waals surface area (Å²) in [6, 6.07) is -0.177. The molecular formula is C9H20N2O. The summed E-state index contributed by atoms with van der Waals surface area (Å²) in [6.07, 6.45) is 0.755. The smallest absolute Gasteiger partial charge is 0.234 e. The van der Waals surface area contributed by atoms with Gasteiger partial charge in [0.1, 0.15) is 0 Å². The summed E-state index contributed by atoms with van der Waals surface area (Å²) in [5, 5.41) is 3.13. The van der Waals surface area contributed by atoms with E-state index in [9.17, 15) is 4.79 Å². The van der Waals surface area contributed by atoms with Gasteiger partial charge in [-0.05, 0) is 11.8 Å². The van der Waals surface area contributed by atoms with Gasteiger partial charge in [-0.3, -0.25) is 4.79 Å². The highest BCUT2D eigenvalue weighted by atomic mass is 16.1. The van der Waals surface area contributed by atoms with E-state index in [0.29, 0.717) is 0 Å². The molecule has 0 aromatic heterocycles. The predicted molar refractivity (Wildman–Crippen MR) is 50.7 cm³/mol. The van der Waals surface area contributed by atoms with Gasteiger partial charge in [0.25, 0.3) is 0 Å². The Morgan fingerprint density at radius 2 is 2.00 bits per heavy atom. The second-order valence-corrected chi connectivity index (χ2v) is 4.30. The average molecular weight is 172 g/mol. The molecule has 1 unspecified atom stereocenters. The van der Waals surface area contributed by atoms with E-state index in [1.807, 2.05) is 6.92 Å². The Morgan fingerprint density at radius 3 is 2.25 bits per heavy atom. The molecular weight excluding hydrogens is 152 g/mol. The van der Waals surface area contributed by atoms with Crippen molar-refractivity contribution in [2.24, 2.45) is 11.1 Å². The second kappa shape index (κ2) is 4.45. The van der Waals surface area contributed by atoms with Gasteiger partial charge in [-0.1, -0.05) is 27.7 Å². The van der Waals surface area contributed by atoms with E-state index in [0.717, 1.165) is 13.0 Å². The minimum absolute atomic E-state index is 0.177. The zero-order valence-electron chi connectivity index (χ0n) is 8.48. The molecule has 3 heteroatoms. The number of rotatable bonds is 4. The van der Waals surface area contributed by atoms with E-state index in [2.05, 4.69) is 26.1 Å². The Labute approximate surface area is 74.7 Å². The number of carbonyl (C=O) groups is 1. The van der Waals surface area contributed by atoms with E-state index in [1.54, 1.807) is 0 Å². The third kappa shape index (κ3) is 5.13. The molecule has 0 fully saturated rings. The van der Waals surface area contributed by atoms with Crippen LogP contribution in [0.3, 0.4) is 0 Å². The van der Waals surface area contributed by atoms with Crippen LogP contribution in [0.1, 0.15) is 34.1 Å². The van der Waals surface area contributed by atoms with E-state index >= 15 is 0 Å². The third-order valence-electron chi connectivity index (χ3n) is 1.63. The van der Waals surface area contributed by atoms with E-state index < -0.39 is 0 Å². The Bertz CT molecular complexity index is 149. The molecule has 0 radical (unpaired) electrons. The summed E-state index contributed by atoms with van der Waals surface area (Å²) in [6.45, 7) is 9.12. The monoisotopic (exact) mass is 172 g/mol. The first-order valence-electron chi connectivity index (χ1n) is 4.39. The number of carbonyl (C=O) groups excluding carboxylic acids is 1. The summed E-state index contributed by atoms with van der Waals surface area (Å²) in [5.41, 5.74) is 5.37. The van der Waals surface area contributed by atoms with Crippen molar-refractivity contribution in [2.45, 2.75) is 40.2 Å². The van der Waals surface area contributed by atoms with Crippen molar-refractivity contribution in [1.29, 1.82) is 0 Å². The van der Waals surface area contributed by atoms with Crippen LogP contribution in [0.25, 0.3) is 0 Å². The summed E-state index contributed by atoms with van der Waals surface area (Å²) in [4.78, 5) is 10.8. The lowest BCUT2D eigenvalue weighted by Crippen LogP contribution is -2.44. The molecule has 3 N–H and O–H groups in total. The fourth-order valence-corrected chi connectivity index (χ4v) is 0.876. The van der Waals surface area contributed by atoms with Crippen LogP contribution in [0, 0.1) is 5.41 Å². The zero-order chi connectivity index (χ0) is 9.78. The molecule has 0 saturated carbocycles. The van der Waals surface area contributed by atoms with Gasteiger partial charge in [0, 0.05) is 6.54 Å². The minimum atomic E-state index is -0.262. The molecule has 1 atom stereocenters. The minimum Gasteiger partial charge on any atom is -0.368 e. The number of hydrogen-bond acceptors (Lipinski definition) is 2. The molecule has 0 aliphatic carbocycles. The standard InChI is InChI=1S/C9H20N2O/c1-5-7(8(10)12)11-6-9(2,3)4/h7,11H,5-6H2,1-4H3,(H2,10,12). The molecule has 0 aliphatic heterocycles. The van der Waals surface area contributed by atoms with Gasteiger partial charge in [-0.15, -0.1) is 0 Å². The summed E-state index contributed by atoms with van der Waals surface area (Å²) >= 11 is 0. The van der Waals surface area contributed by atoms with Crippen molar-refractivity contribution < 1.29 is 4.79 Å². The summed E-state index contributed by atoms with van der Waals surface area (Å²) in [7, 11) is 0. The molecule has 0 bridgehead atoms. The van der Waals surface area contributed by atoms with Gasteiger partial charge in [0.15, 0.2) is 0 Å². The van der Waals surface area contributed by atoms with E-state index in [-0.39, 0.29) is 17.4 Å². The molecule has 72 valence electrons. The molecule has 3 nitrogen and oxygen atoms in total. The molecule has 0 aromatic carbocycles. The van der Waals surface area contributed by atoms with Crippen molar-refractivity contribution in [3.63, 3.8) is 0 Å². The van der Waals surface area contributed by atoms with Crippen LogP contribution in [-0.4, -0.2) is 18.5 Å². The first kappa shape index (κ1) is 11.4. The fraction of sp³-hybridized carbons (Fsp3) is 0.889. The fourth-order valence-electron chi connectivity index (χ4n) is 0.876. The van der Waals surface area contributed by atoms with Crippen LogP contribution in [0.5, 0.6) is 0 Å². The lowest BCUT2D eigenvalue weighted by molar-refractivity contribution is -0.120. The predicted octanol–water partition coefficient (Wildman–Crippen LogP) is 0.886. The molecule has 0 rings (SSSR count). The first-order valence-corrected chi connectivity index (χ1v) is 4.39. The van der Waals surface area contributed by atoms with Crippen molar-refractivity contribution in [1.82, 2.24) is 5.32 Å². The van der Waals surface area contributed by atoms with Gasteiger partial charge >= 0.3 is 0 Å². The molecule has 1 amide bonds. The maximum atomic E-state index is 10.8. The van der Waals surface area contributed by atoms with Crippen molar-refractivity contribution in [3.8, 4) is 0 Å². The van der Waals surface area contributed by atoms with Gasteiger partial charge in [0.2, 0.25) is 5.91 Å². The Balaban J connectivity index is 3.81. The Hall–Kier alpha value is -0.570. The Morgan fingerprint density at radius 1 is 1.50 bits per heavy atom. The van der Waals surface area contributed by atoms with Crippen LogP contribution in [-0.2, 0) is 4.79 Å². The van der Waals surface area contributed by atoms with E-state index in [4.69, 9.17) is 5.73 Å². The summed E-state index contributed by atoms with van der Waals surface area (Å²) < 4.78 is 0. The quantitative estimate of drug-likeness (QED) is 0.661. The lowest BCUT2D eigenvalue weighted by Gasteiger charge is -2.22. The first-order chi connectivity index (χ1) is 5.37. The van der Waals surface area contributed by atoms with Crippen LogP contribution in [0.4, 0.5) is 0 Å². The number of hydrogen-bond donors (Lipinski definition) is 2. The maximum absolute atomic E-state index is 10.8. The van der Waals surface area contributed by atoms with Crippen LogP contribution in [0.2, 0.25) is 0 Å². The molecule has 0 saturated heterocycles. The van der Waals surface area contributed by atoms with Crippen molar-refractivity contribution in [2.75, 3.05) is 6.54 Å². The normalized spacial score (nSPS) is 14.3. The summed E-state index contributed by atoms with van der Waals surface area (Å²) in [5.74, 6) is -0.262. The van der Waals surface area contributed by atoms with Gasteiger partial charge in [-0.25, -0.2) is 0 Å². The van der Waals surface area contributed by atoms with Gasteiger partial charge in [-0.2, -0.15) is 0 Å². The SMILES string of the molecule is CCC(NCC(C)(C)C)C(N)=O. The number of nitrogens with two attached hydrogens (primary N) is 1. The highest BCUT2D eigenvalue weighted by molar-refractivity contribution is 5.79. The van der Waals surface area contributed by atoms with E-state index in [1.165, 1.54) is 0 Å². The molecule has 0 spiro atoms. The van der Waals surface area contributed by atoms with Gasteiger partial charge < -0.3 is 11.1 Å². The average Bonchev–Trinajstić information content (AvgIpc) is 1.85. The largest absolute Gasteiger partial charge is 0.368 e. The highest BCUT2D eigenvalue weighted by Gasteiger charge is 2.16. The lowest BCUT2D eigenvalue weighted by atomic mass is 9.96. The van der Waals surface area contributed by atoms with Crippen molar-refractivity contribution in [3.05, 3.63) is 0 Å². The van der Waals surface area contributed by atoms with Gasteiger partial charge in [0.05, 0.1) is 6.04 Å². The Kier molecular flexibility index (Phi) is 4.24. The molecule has 12 heavy (non-hydrogen) atoms.